The van der Waals surface area contributed by atoms with Crippen LogP contribution in [0.1, 0.15) is 30.5 Å². The van der Waals surface area contributed by atoms with E-state index < -0.39 is 0 Å². The van der Waals surface area contributed by atoms with Crippen LogP contribution < -0.4 is 5.32 Å². The summed E-state index contributed by atoms with van der Waals surface area (Å²) in [5.74, 6) is 0. The van der Waals surface area contributed by atoms with E-state index in [4.69, 9.17) is 23.2 Å². The third-order valence-corrected chi connectivity index (χ3v) is 4.70. The lowest BCUT2D eigenvalue weighted by Gasteiger charge is -2.21. The van der Waals surface area contributed by atoms with Crippen LogP contribution in [0, 0.1) is 0 Å². The Morgan fingerprint density at radius 1 is 1.14 bits per heavy atom. The Hall–Kier alpha value is -0.540. The molecule has 0 aliphatic carbocycles. The number of hydrogen-bond donors (Lipinski definition) is 1. The minimum atomic E-state index is 0.174. The van der Waals surface area contributed by atoms with Crippen LogP contribution in [0.15, 0.2) is 46.9 Å². The molecule has 2 aromatic rings. The van der Waals surface area contributed by atoms with Gasteiger partial charge < -0.3 is 5.32 Å². The Bertz CT molecular complexity index is 601. The predicted octanol–water partition coefficient (Wildman–Crippen LogP) is 6.04. The third-order valence-electron chi connectivity index (χ3n) is 3.36. The van der Waals surface area contributed by atoms with Crippen molar-refractivity contribution in [2.45, 2.75) is 25.8 Å². The lowest BCUT2D eigenvalue weighted by atomic mass is 9.98. The second-order valence-corrected chi connectivity index (χ2v) is 6.67. The SMILES string of the molecule is CCCNC(Cc1ccccc1Br)c1ccc(Cl)cc1Cl. The standard InChI is InChI=1S/C17H18BrCl2N/c1-2-9-21-17(10-12-5-3-4-6-15(12)18)14-8-7-13(19)11-16(14)20/h3-8,11,17,21H,2,9-10H2,1H3. The summed E-state index contributed by atoms with van der Waals surface area (Å²) >= 11 is 16.0. The first-order chi connectivity index (χ1) is 10.1. The number of halogens is 3. The number of benzene rings is 2. The van der Waals surface area contributed by atoms with E-state index in [1.165, 1.54) is 5.56 Å². The molecule has 0 heterocycles. The largest absolute Gasteiger partial charge is 0.310 e. The first-order valence-corrected chi connectivity index (χ1v) is 8.58. The van der Waals surface area contributed by atoms with Crippen molar-refractivity contribution in [3.63, 3.8) is 0 Å². The third kappa shape index (κ3) is 4.72. The maximum Gasteiger partial charge on any atom is 0.0468 e. The first-order valence-electron chi connectivity index (χ1n) is 7.03. The Labute approximate surface area is 144 Å². The van der Waals surface area contributed by atoms with E-state index in [0.29, 0.717) is 10.0 Å². The van der Waals surface area contributed by atoms with Crippen molar-refractivity contribution < 1.29 is 0 Å². The molecule has 0 saturated carbocycles. The van der Waals surface area contributed by atoms with Crippen molar-refractivity contribution in [1.82, 2.24) is 5.32 Å². The van der Waals surface area contributed by atoms with E-state index in [1.54, 1.807) is 6.07 Å². The van der Waals surface area contributed by atoms with Crippen LogP contribution in [0.5, 0.6) is 0 Å². The molecule has 0 fully saturated rings. The topological polar surface area (TPSA) is 12.0 Å². The van der Waals surface area contributed by atoms with Gasteiger partial charge in [0.1, 0.15) is 0 Å². The van der Waals surface area contributed by atoms with Crippen LogP contribution >= 0.6 is 39.1 Å². The van der Waals surface area contributed by atoms with Crippen LogP contribution in [0.2, 0.25) is 10.0 Å². The van der Waals surface area contributed by atoms with Gasteiger partial charge in [0.05, 0.1) is 0 Å². The molecular weight excluding hydrogens is 369 g/mol. The normalized spacial score (nSPS) is 12.4. The number of nitrogens with one attached hydrogen (secondary N) is 1. The Kier molecular flexibility index (Phi) is 6.56. The van der Waals surface area contributed by atoms with Crippen LogP contribution in [-0.4, -0.2) is 6.54 Å². The molecule has 0 bridgehead atoms. The summed E-state index contributed by atoms with van der Waals surface area (Å²) < 4.78 is 1.12. The smallest absolute Gasteiger partial charge is 0.0468 e. The minimum Gasteiger partial charge on any atom is -0.310 e. The molecule has 2 rings (SSSR count). The quantitative estimate of drug-likeness (QED) is 0.638. The number of hydrogen-bond acceptors (Lipinski definition) is 1. The van der Waals surface area contributed by atoms with Crippen molar-refractivity contribution in [1.29, 1.82) is 0 Å². The molecule has 0 spiro atoms. The molecule has 1 atom stereocenters. The molecule has 0 radical (unpaired) electrons. The van der Waals surface area contributed by atoms with Crippen LogP contribution in [0.3, 0.4) is 0 Å². The highest BCUT2D eigenvalue weighted by atomic mass is 79.9. The molecule has 1 unspecified atom stereocenters. The molecule has 1 N–H and O–H groups in total. The lowest BCUT2D eigenvalue weighted by Crippen LogP contribution is -2.24. The van der Waals surface area contributed by atoms with Gasteiger partial charge in [-0.05, 0) is 48.7 Å². The summed E-state index contributed by atoms with van der Waals surface area (Å²) in [5.41, 5.74) is 2.35. The van der Waals surface area contributed by atoms with Gasteiger partial charge in [-0.2, -0.15) is 0 Å². The zero-order valence-corrected chi connectivity index (χ0v) is 15.0. The van der Waals surface area contributed by atoms with Gasteiger partial charge in [-0.25, -0.2) is 0 Å². The van der Waals surface area contributed by atoms with Gasteiger partial charge >= 0.3 is 0 Å². The van der Waals surface area contributed by atoms with Crippen LogP contribution in [0.4, 0.5) is 0 Å². The summed E-state index contributed by atoms with van der Waals surface area (Å²) in [6.07, 6.45) is 1.96. The maximum absolute atomic E-state index is 6.37. The summed E-state index contributed by atoms with van der Waals surface area (Å²) in [6.45, 7) is 3.11. The molecule has 112 valence electrons. The predicted molar refractivity (Wildman–Crippen MR) is 95.3 cm³/mol. The number of rotatable bonds is 6. The first kappa shape index (κ1) is 16.8. The van der Waals surface area contributed by atoms with Gasteiger partial charge in [0.2, 0.25) is 0 Å². The van der Waals surface area contributed by atoms with E-state index >= 15 is 0 Å². The van der Waals surface area contributed by atoms with Crippen LogP contribution in [-0.2, 0) is 6.42 Å². The zero-order valence-electron chi connectivity index (χ0n) is 11.9. The molecule has 0 saturated heterocycles. The van der Waals surface area contributed by atoms with Crippen molar-refractivity contribution in [2.24, 2.45) is 0 Å². The summed E-state index contributed by atoms with van der Waals surface area (Å²) in [6, 6.07) is 14.2. The van der Waals surface area contributed by atoms with Crippen LogP contribution in [0.25, 0.3) is 0 Å². The highest BCUT2D eigenvalue weighted by Gasteiger charge is 2.16. The van der Waals surface area contributed by atoms with E-state index in [-0.39, 0.29) is 6.04 Å². The Balaban J connectivity index is 2.27. The fraction of sp³-hybridized carbons (Fsp3) is 0.294. The van der Waals surface area contributed by atoms with E-state index in [2.05, 4.69) is 46.4 Å². The van der Waals surface area contributed by atoms with Gasteiger partial charge in [-0.1, -0.05) is 70.3 Å². The average Bonchev–Trinajstić information content (AvgIpc) is 2.46. The van der Waals surface area contributed by atoms with Gasteiger partial charge in [0, 0.05) is 20.6 Å². The fourth-order valence-corrected chi connectivity index (χ4v) is 3.27. The van der Waals surface area contributed by atoms with Crippen molar-refractivity contribution in [3.05, 3.63) is 68.1 Å². The molecule has 0 aliphatic rings. The van der Waals surface area contributed by atoms with E-state index in [0.717, 1.165) is 29.4 Å². The van der Waals surface area contributed by atoms with Crippen molar-refractivity contribution in [2.75, 3.05) is 6.54 Å². The Morgan fingerprint density at radius 3 is 2.57 bits per heavy atom. The molecule has 2 aromatic carbocycles. The zero-order chi connectivity index (χ0) is 15.2. The highest BCUT2D eigenvalue weighted by Crippen LogP contribution is 2.30. The molecular formula is C17H18BrCl2N. The second-order valence-electron chi connectivity index (χ2n) is 4.97. The summed E-state index contributed by atoms with van der Waals surface area (Å²) in [5, 5.41) is 4.95. The Morgan fingerprint density at radius 2 is 1.90 bits per heavy atom. The summed E-state index contributed by atoms with van der Waals surface area (Å²) in [4.78, 5) is 0. The maximum atomic E-state index is 6.37. The average molecular weight is 387 g/mol. The molecule has 21 heavy (non-hydrogen) atoms. The summed E-state index contributed by atoms with van der Waals surface area (Å²) in [7, 11) is 0. The highest BCUT2D eigenvalue weighted by molar-refractivity contribution is 9.10. The minimum absolute atomic E-state index is 0.174. The molecule has 0 amide bonds. The van der Waals surface area contributed by atoms with Gasteiger partial charge in [-0.3, -0.25) is 0 Å². The van der Waals surface area contributed by atoms with E-state index in [9.17, 15) is 0 Å². The van der Waals surface area contributed by atoms with Gasteiger partial charge in [-0.15, -0.1) is 0 Å². The molecule has 4 heteroatoms. The van der Waals surface area contributed by atoms with Gasteiger partial charge in [0.25, 0.3) is 0 Å². The monoisotopic (exact) mass is 385 g/mol. The molecule has 1 nitrogen and oxygen atoms in total. The molecule has 0 aromatic heterocycles. The van der Waals surface area contributed by atoms with Crippen molar-refractivity contribution >= 4 is 39.1 Å². The fourth-order valence-electron chi connectivity index (χ4n) is 2.28. The van der Waals surface area contributed by atoms with Gasteiger partial charge in [0.15, 0.2) is 0 Å². The van der Waals surface area contributed by atoms with E-state index in [1.807, 2.05) is 18.2 Å². The molecule has 0 aliphatic heterocycles. The second kappa shape index (κ2) is 8.19. The van der Waals surface area contributed by atoms with Crippen molar-refractivity contribution in [3.8, 4) is 0 Å². The lowest BCUT2D eigenvalue weighted by molar-refractivity contribution is 0.529.